The predicted molar refractivity (Wildman–Crippen MR) is 107 cm³/mol. The number of benzene rings is 1. The second-order valence-corrected chi connectivity index (χ2v) is 7.73. The van der Waals surface area contributed by atoms with Gasteiger partial charge in [-0.05, 0) is 44.0 Å². The summed E-state index contributed by atoms with van der Waals surface area (Å²) in [6.07, 6.45) is 5.85. The number of rotatable bonds is 9. The molecule has 0 spiro atoms. The van der Waals surface area contributed by atoms with Gasteiger partial charge in [0, 0.05) is 12.6 Å². The van der Waals surface area contributed by atoms with Crippen molar-refractivity contribution in [2.45, 2.75) is 56.5 Å². The number of hydrogen-bond acceptors (Lipinski definition) is 5. The first kappa shape index (κ1) is 20.4. The lowest BCUT2D eigenvalue weighted by atomic mass is 10.2. The molecule has 150 valence electrons. The molecule has 1 amide bonds. The van der Waals surface area contributed by atoms with Gasteiger partial charge in [-0.15, -0.1) is 16.8 Å². The number of nitrogens with one attached hydrogen (secondary N) is 1. The van der Waals surface area contributed by atoms with Gasteiger partial charge in [-0.3, -0.25) is 9.36 Å². The maximum atomic E-state index is 13.1. The van der Waals surface area contributed by atoms with E-state index in [9.17, 15) is 9.18 Å². The fourth-order valence-electron chi connectivity index (χ4n) is 3.25. The molecule has 1 heterocycles. The van der Waals surface area contributed by atoms with Crippen molar-refractivity contribution >= 4 is 17.7 Å². The zero-order chi connectivity index (χ0) is 19.9. The number of allylic oxidation sites excluding steroid dienone is 1. The van der Waals surface area contributed by atoms with Gasteiger partial charge in [0.1, 0.15) is 11.6 Å². The highest BCUT2D eigenvalue weighted by Gasteiger charge is 2.21. The van der Waals surface area contributed by atoms with Crippen molar-refractivity contribution < 1.29 is 13.9 Å². The zero-order valence-corrected chi connectivity index (χ0v) is 16.8. The van der Waals surface area contributed by atoms with Gasteiger partial charge in [0.25, 0.3) is 0 Å². The van der Waals surface area contributed by atoms with E-state index < -0.39 is 0 Å². The van der Waals surface area contributed by atoms with Crippen molar-refractivity contribution in [1.29, 1.82) is 0 Å². The van der Waals surface area contributed by atoms with Crippen LogP contribution in [0, 0.1) is 5.82 Å². The first-order chi connectivity index (χ1) is 13.6. The lowest BCUT2D eigenvalue weighted by Gasteiger charge is -2.16. The molecular weight excluding hydrogens is 379 g/mol. The van der Waals surface area contributed by atoms with Gasteiger partial charge in [-0.1, -0.05) is 30.7 Å². The van der Waals surface area contributed by atoms with Crippen LogP contribution in [0.2, 0.25) is 0 Å². The van der Waals surface area contributed by atoms with E-state index in [-0.39, 0.29) is 17.8 Å². The molecule has 0 aliphatic heterocycles. The Bertz CT molecular complexity index is 803. The third-order valence-corrected chi connectivity index (χ3v) is 5.57. The summed E-state index contributed by atoms with van der Waals surface area (Å²) in [6.45, 7) is 6.15. The largest absolute Gasteiger partial charge is 0.483 e. The topological polar surface area (TPSA) is 69.0 Å². The van der Waals surface area contributed by atoms with Gasteiger partial charge in [-0.25, -0.2) is 4.39 Å². The molecule has 1 aliphatic rings. The van der Waals surface area contributed by atoms with Crippen LogP contribution in [0.1, 0.15) is 44.5 Å². The van der Waals surface area contributed by atoms with Gasteiger partial charge in [0.05, 0.1) is 5.75 Å². The van der Waals surface area contributed by atoms with Crippen LogP contribution in [0.5, 0.6) is 5.75 Å². The molecule has 1 aromatic heterocycles. The Labute approximate surface area is 168 Å². The molecule has 2 aromatic rings. The summed E-state index contributed by atoms with van der Waals surface area (Å²) in [5, 5.41) is 12.2. The Kier molecular flexibility index (Phi) is 7.08. The first-order valence-corrected chi connectivity index (χ1v) is 10.4. The fraction of sp³-hybridized carbons (Fsp3) is 0.450. The van der Waals surface area contributed by atoms with Gasteiger partial charge in [0.2, 0.25) is 5.91 Å². The molecule has 0 radical (unpaired) electrons. The van der Waals surface area contributed by atoms with E-state index in [4.69, 9.17) is 4.74 Å². The van der Waals surface area contributed by atoms with Crippen LogP contribution in [-0.4, -0.2) is 32.5 Å². The molecule has 3 rings (SSSR count). The van der Waals surface area contributed by atoms with Gasteiger partial charge in [-0.2, -0.15) is 0 Å². The quantitative estimate of drug-likeness (QED) is 0.507. The molecule has 6 nitrogen and oxygen atoms in total. The number of thioether (sulfide) groups is 1. The molecule has 28 heavy (non-hydrogen) atoms. The van der Waals surface area contributed by atoms with E-state index in [0.717, 1.165) is 12.8 Å². The molecule has 1 unspecified atom stereocenters. The second-order valence-electron chi connectivity index (χ2n) is 6.79. The summed E-state index contributed by atoms with van der Waals surface area (Å²) in [7, 11) is 0. The van der Waals surface area contributed by atoms with Crippen molar-refractivity contribution in [3.63, 3.8) is 0 Å². The number of aromatic nitrogens is 3. The predicted octanol–water partition coefficient (Wildman–Crippen LogP) is 3.89. The molecule has 0 bridgehead atoms. The summed E-state index contributed by atoms with van der Waals surface area (Å²) < 4.78 is 20.8. The number of hydrogen-bond donors (Lipinski definition) is 1. The van der Waals surface area contributed by atoms with Gasteiger partial charge >= 0.3 is 0 Å². The minimum Gasteiger partial charge on any atom is -0.483 e. The highest BCUT2D eigenvalue weighted by Crippen LogP contribution is 2.25. The molecule has 1 fully saturated rings. The maximum absolute atomic E-state index is 13.1. The molecule has 1 saturated carbocycles. The number of ether oxygens (including phenoxy) is 1. The monoisotopic (exact) mass is 404 g/mol. The smallest absolute Gasteiger partial charge is 0.230 e. The van der Waals surface area contributed by atoms with E-state index in [1.165, 1.54) is 36.7 Å². The SMILES string of the molecule is C=CCn1c(SCC(=O)NC2CCCC2)nnc1C(C)Oc1ccc(F)cc1. The summed E-state index contributed by atoms with van der Waals surface area (Å²) in [4.78, 5) is 12.2. The minimum absolute atomic E-state index is 0.0159. The summed E-state index contributed by atoms with van der Waals surface area (Å²) >= 11 is 1.35. The van der Waals surface area contributed by atoms with Crippen LogP contribution in [0.25, 0.3) is 0 Å². The second kappa shape index (κ2) is 9.73. The van der Waals surface area contributed by atoms with Crippen molar-refractivity contribution in [2.75, 3.05) is 5.75 Å². The standard InChI is InChI=1S/C20H25FN4O2S/c1-3-12-25-19(14(2)27-17-10-8-15(21)9-11-17)23-24-20(25)28-13-18(26)22-16-6-4-5-7-16/h3,8-11,14,16H,1,4-7,12-13H2,2H3,(H,22,26). The average Bonchev–Trinajstić information content (AvgIpc) is 3.32. The van der Waals surface area contributed by atoms with E-state index in [0.29, 0.717) is 35.1 Å². The van der Waals surface area contributed by atoms with Crippen molar-refractivity contribution in [3.05, 3.63) is 48.6 Å². The molecular formula is C20H25FN4O2S. The Hall–Kier alpha value is -2.35. The van der Waals surface area contributed by atoms with Crippen LogP contribution < -0.4 is 10.1 Å². The molecule has 0 saturated heterocycles. The van der Waals surface area contributed by atoms with E-state index in [2.05, 4.69) is 22.1 Å². The number of nitrogens with zero attached hydrogens (tertiary/aromatic N) is 3. The molecule has 1 aromatic carbocycles. The number of halogens is 1. The molecule has 8 heteroatoms. The normalized spacial score (nSPS) is 15.4. The summed E-state index contributed by atoms with van der Waals surface area (Å²) in [5.74, 6) is 1.17. The molecule has 1 N–H and O–H groups in total. The summed E-state index contributed by atoms with van der Waals surface area (Å²) in [6, 6.07) is 6.15. The Morgan fingerprint density at radius 2 is 2.11 bits per heavy atom. The number of carbonyl (C=O) groups is 1. The average molecular weight is 405 g/mol. The van der Waals surface area contributed by atoms with Crippen LogP contribution in [0.15, 0.2) is 42.1 Å². The Morgan fingerprint density at radius 1 is 1.39 bits per heavy atom. The van der Waals surface area contributed by atoms with Crippen molar-refractivity contribution in [2.24, 2.45) is 0 Å². The van der Waals surface area contributed by atoms with Gasteiger partial charge < -0.3 is 10.1 Å². The third kappa shape index (κ3) is 5.34. The first-order valence-electron chi connectivity index (χ1n) is 9.45. The van der Waals surface area contributed by atoms with Crippen LogP contribution >= 0.6 is 11.8 Å². The van der Waals surface area contributed by atoms with Crippen molar-refractivity contribution in [1.82, 2.24) is 20.1 Å². The summed E-state index contributed by atoms with van der Waals surface area (Å²) in [5.41, 5.74) is 0. The lowest BCUT2D eigenvalue weighted by molar-refractivity contribution is -0.119. The van der Waals surface area contributed by atoms with E-state index in [1.54, 1.807) is 18.2 Å². The van der Waals surface area contributed by atoms with Crippen LogP contribution in [0.4, 0.5) is 4.39 Å². The number of carbonyl (C=O) groups excluding carboxylic acids is 1. The van der Waals surface area contributed by atoms with Gasteiger partial charge in [0.15, 0.2) is 17.1 Å². The lowest BCUT2D eigenvalue weighted by Crippen LogP contribution is -2.33. The van der Waals surface area contributed by atoms with Crippen LogP contribution in [0.3, 0.4) is 0 Å². The Morgan fingerprint density at radius 3 is 2.79 bits per heavy atom. The number of amides is 1. The maximum Gasteiger partial charge on any atom is 0.230 e. The Balaban J connectivity index is 1.63. The fourth-order valence-corrected chi connectivity index (χ4v) is 4.01. The van der Waals surface area contributed by atoms with Crippen molar-refractivity contribution in [3.8, 4) is 5.75 Å². The minimum atomic E-state index is -0.389. The molecule has 1 atom stereocenters. The third-order valence-electron chi connectivity index (χ3n) is 4.60. The van der Waals surface area contributed by atoms with E-state index >= 15 is 0 Å². The van der Waals surface area contributed by atoms with Crippen LogP contribution in [-0.2, 0) is 11.3 Å². The molecule has 1 aliphatic carbocycles. The highest BCUT2D eigenvalue weighted by atomic mass is 32.2. The van der Waals surface area contributed by atoms with E-state index in [1.807, 2.05) is 11.5 Å². The highest BCUT2D eigenvalue weighted by molar-refractivity contribution is 7.99. The zero-order valence-electron chi connectivity index (χ0n) is 15.9.